The van der Waals surface area contributed by atoms with E-state index in [4.69, 9.17) is 0 Å². The second-order valence-corrected chi connectivity index (χ2v) is 12.1. The molecule has 0 bridgehead atoms. The summed E-state index contributed by atoms with van der Waals surface area (Å²) in [7, 11) is -3.53. The first-order valence-corrected chi connectivity index (χ1v) is 15.1. The molecule has 1 atom stereocenters. The van der Waals surface area contributed by atoms with Crippen molar-refractivity contribution in [2.45, 2.75) is 58.7 Å². The van der Waals surface area contributed by atoms with E-state index >= 15 is 0 Å². The Balaban J connectivity index is 1.87. The number of carbonyl (C=O) groups is 2. The molecule has 0 saturated heterocycles. The van der Waals surface area contributed by atoms with Gasteiger partial charge < -0.3 is 10.2 Å². The van der Waals surface area contributed by atoms with E-state index in [1.807, 2.05) is 81.4 Å². The lowest BCUT2D eigenvalue weighted by Crippen LogP contribution is -2.51. The molecule has 0 saturated carbocycles. The Kier molecular flexibility index (Phi) is 10.7. The van der Waals surface area contributed by atoms with Gasteiger partial charge in [0.2, 0.25) is 21.8 Å². The van der Waals surface area contributed by atoms with Gasteiger partial charge in [0.05, 0.1) is 11.9 Å². The maximum absolute atomic E-state index is 13.8. The second-order valence-electron chi connectivity index (χ2n) is 10.2. The molecule has 0 spiro atoms. The monoisotopic (exact) mass is 549 g/mol. The average molecular weight is 550 g/mol. The number of hydrogen-bond acceptors (Lipinski definition) is 4. The normalized spacial score (nSPS) is 12.1. The number of anilines is 1. The molecule has 3 aromatic carbocycles. The summed E-state index contributed by atoms with van der Waals surface area (Å²) in [5, 5.41) is 2.99. The minimum atomic E-state index is -3.53. The van der Waals surface area contributed by atoms with Gasteiger partial charge in [0.25, 0.3) is 0 Å². The SMILES string of the molecule is Cc1cccc(CN(C(=O)CCCN(c2ccccc2)S(C)(=O)=O)[C@@H](Cc2ccccc2)C(=O)NC(C)C)c1. The molecular weight excluding hydrogens is 510 g/mol. The van der Waals surface area contributed by atoms with Crippen molar-refractivity contribution in [3.05, 3.63) is 102 Å². The average Bonchev–Trinajstić information content (AvgIpc) is 2.88. The molecule has 0 fully saturated rings. The van der Waals surface area contributed by atoms with Crippen LogP contribution < -0.4 is 9.62 Å². The molecule has 1 N–H and O–H groups in total. The van der Waals surface area contributed by atoms with E-state index in [0.29, 0.717) is 18.5 Å². The lowest BCUT2D eigenvalue weighted by atomic mass is 10.0. The number of sulfonamides is 1. The van der Waals surface area contributed by atoms with E-state index < -0.39 is 16.1 Å². The minimum Gasteiger partial charge on any atom is -0.352 e. The first-order chi connectivity index (χ1) is 18.5. The first kappa shape index (κ1) is 29.9. The van der Waals surface area contributed by atoms with Gasteiger partial charge in [0, 0.05) is 32.0 Å². The molecule has 0 unspecified atom stereocenters. The highest BCUT2D eigenvalue weighted by Gasteiger charge is 2.31. The van der Waals surface area contributed by atoms with Gasteiger partial charge in [-0.15, -0.1) is 0 Å². The Morgan fingerprint density at radius 3 is 2.08 bits per heavy atom. The maximum atomic E-state index is 13.8. The van der Waals surface area contributed by atoms with Crippen molar-refractivity contribution in [3.8, 4) is 0 Å². The third-order valence-corrected chi connectivity index (χ3v) is 7.53. The van der Waals surface area contributed by atoms with Crippen LogP contribution in [0.1, 0.15) is 43.4 Å². The van der Waals surface area contributed by atoms with Crippen LogP contribution in [0.4, 0.5) is 5.69 Å². The molecule has 0 aromatic heterocycles. The molecule has 208 valence electrons. The number of benzene rings is 3. The van der Waals surface area contributed by atoms with Crippen LogP contribution in [0.5, 0.6) is 0 Å². The van der Waals surface area contributed by atoms with Gasteiger partial charge in [0.1, 0.15) is 6.04 Å². The largest absolute Gasteiger partial charge is 0.352 e. The van der Waals surface area contributed by atoms with E-state index in [1.54, 1.807) is 29.2 Å². The van der Waals surface area contributed by atoms with Crippen molar-refractivity contribution < 1.29 is 18.0 Å². The predicted molar refractivity (Wildman–Crippen MR) is 157 cm³/mol. The van der Waals surface area contributed by atoms with Crippen molar-refractivity contribution in [2.75, 3.05) is 17.1 Å². The van der Waals surface area contributed by atoms with E-state index in [9.17, 15) is 18.0 Å². The number of amides is 2. The van der Waals surface area contributed by atoms with E-state index in [0.717, 1.165) is 22.9 Å². The fraction of sp³-hybridized carbons (Fsp3) is 0.355. The third kappa shape index (κ3) is 9.25. The van der Waals surface area contributed by atoms with E-state index in [-0.39, 0.29) is 37.4 Å². The molecular formula is C31H39N3O4S. The summed E-state index contributed by atoms with van der Waals surface area (Å²) >= 11 is 0. The van der Waals surface area contributed by atoms with Gasteiger partial charge in [-0.25, -0.2) is 8.42 Å². The van der Waals surface area contributed by atoms with Crippen LogP contribution in [-0.2, 0) is 32.6 Å². The van der Waals surface area contributed by atoms with Crippen molar-refractivity contribution in [1.29, 1.82) is 0 Å². The standard InChI is InChI=1S/C31H39N3O4S/c1-24(2)32-31(36)29(22-26-14-7-5-8-15-26)33(23-27-16-11-13-25(3)21-27)30(35)19-12-20-34(39(4,37)38)28-17-9-6-10-18-28/h5-11,13-18,21,24,29H,12,19-20,22-23H2,1-4H3,(H,32,36)/t29-/m0/s1. The predicted octanol–water partition coefficient (Wildman–Crippen LogP) is 4.71. The van der Waals surface area contributed by atoms with Gasteiger partial charge in [-0.2, -0.15) is 0 Å². The summed E-state index contributed by atoms with van der Waals surface area (Å²) in [5.74, 6) is -0.408. The highest BCUT2D eigenvalue weighted by atomic mass is 32.2. The summed E-state index contributed by atoms with van der Waals surface area (Å²) in [5.41, 5.74) is 3.51. The van der Waals surface area contributed by atoms with Gasteiger partial charge in [-0.3, -0.25) is 13.9 Å². The number of carbonyl (C=O) groups excluding carboxylic acids is 2. The van der Waals surface area contributed by atoms with E-state index in [1.165, 1.54) is 4.31 Å². The molecule has 8 heteroatoms. The second kappa shape index (κ2) is 13.9. The number of para-hydroxylation sites is 1. The molecule has 0 aliphatic heterocycles. The molecule has 0 radical (unpaired) electrons. The highest BCUT2D eigenvalue weighted by Crippen LogP contribution is 2.20. The smallest absolute Gasteiger partial charge is 0.243 e. The molecule has 0 aliphatic carbocycles. The summed E-state index contributed by atoms with van der Waals surface area (Å²) in [6.45, 7) is 6.22. The summed E-state index contributed by atoms with van der Waals surface area (Å²) in [4.78, 5) is 28.9. The fourth-order valence-corrected chi connectivity index (χ4v) is 5.51. The summed E-state index contributed by atoms with van der Waals surface area (Å²) in [6.07, 6.45) is 1.95. The van der Waals surface area contributed by atoms with Crippen molar-refractivity contribution in [3.63, 3.8) is 0 Å². The zero-order chi connectivity index (χ0) is 28.4. The van der Waals surface area contributed by atoms with Gasteiger partial charge in [-0.1, -0.05) is 78.4 Å². The number of nitrogens with one attached hydrogen (secondary N) is 1. The summed E-state index contributed by atoms with van der Waals surface area (Å²) < 4.78 is 26.3. The lowest BCUT2D eigenvalue weighted by molar-refractivity contribution is -0.141. The Morgan fingerprint density at radius 2 is 1.49 bits per heavy atom. The van der Waals surface area contributed by atoms with Crippen molar-refractivity contribution >= 4 is 27.5 Å². The van der Waals surface area contributed by atoms with Crippen LogP contribution in [0.15, 0.2) is 84.9 Å². The number of aryl methyl sites for hydroxylation is 1. The Hall–Kier alpha value is -3.65. The highest BCUT2D eigenvalue weighted by molar-refractivity contribution is 7.92. The fourth-order valence-electron chi connectivity index (χ4n) is 4.54. The maximum Gasteiger partial charge on any atom is 0.243 e. The molecule has 3 rings (SSSR count). The van der Waals surface area contributed by atoms with Crippen molar-refractivity contribution in [1.82, 2.24) is 10.2 Å². The number of rotatable bonds is 13. The Bertz CT molecular complexity index is 1330. The molecule has 3 aromatic rings. The van der Waals surface area contributed by atoms with Gasteiger partial charge in [0.15, 0.2) is 0 Å². The lowest BCUT2D eigenvalue weighted by Gasteiger charge is -2.32. The zero-order valence-electron chi connectivity index (χ0n) is 23.2. The number of nitrogens with zero attached hydrogens (tertiary/aromatic N) is 2. The van der Waals surface area contributed by atoms with Crippen molar-refractivity contribution in [2.24, 2.45) is 0 Å². The quantitative estimate of drug-likeness (QED) is 0.335. The van der Waals surface area contributed by atoms with Crippen LogP contribution >= 0.6 is 0 Å². The number of hydrogen-bond donors (Lipinski definition) is 1. The third-order valence-electron chi connectivity index (χ3n) is 6.33. The molecule has 39 heavy (non-hydrogen) atoms. The minimum absolute atomic E-state index is 0.0825. The Morgan fingerprint density at radius 1 is 0.872 bits per heavy atom. The zero-order valence-corrected chi connectivity index (χ0v) is 24.0. The molecule has 7 nitrogen and oxygen atoms in total. The topological polar surface area (TPSA) is 86.8 Å². The molecule has 2 amide bonds. The van der Waals surface area contributed by atoms with Crippen LogP contribution in [0, 0.1) is 6.92 Å². The summed E-state index contributed by atoms with van der Waals surface area (Å²) in [6, 6.07) is 25.6. The van der Waals surface area contributed by atoms with Gasteiger partial charge >= 0.3 is 0 Å². The van der Waals surface area contributed by atoms with Crippen LogP contribution in [0.3, 0.4) is 0 Å². The van der Waals surface area contributed by atoms with Crippen LogP contribution in [-0.4, -0.2) is 50.0 Å². The first-order valence-electron chi connectivity index (χ1n) is 13.3. The molecule has 0 heterocycles. The van der Waals surface area contributed by atoms with Crippen LogP contribution in [0.25, 0.3) is 0 Å². The van der Waals surface area contributed by atoms with Crippen LogP contribution in [0.2, 0.25) is 0 Å². The molecule has 0 aliphatic rings. The van der Waals surface area contributed by atoms with E-state index in [2.05, 4.69) is 5.32 Å². The Labute approximate surface area is 232 Å². The van der Waals surface area contributed by atoms with Gasteiger partial charge in [-0.05, 0) is 50.5 Å².